The molecule has 0 spiro atoms. The summed E-state index contributed by atoms with van der Waals surface area (Å²) in [5.74, 6) is 1.24. The molecule has 3 aromatic heterocycles. The number of aromatic amines is 1. The molecule has 1 atom stereocenters. The fourth-order valence-corrected chi connectivity index (χ4v) is 5.20. The lowest BCUT2D eigenvalue weighted by Crippen LogP contribution is -2.17. The smallest absolute Gasteiger partial charge is 0.192 e. The Morgan fingerprint density at radius 1 is 1.28 bits per heavy atom. The highest BCUT2D eigenvalue weighted by atomic mass is 32.2. The number of H-pyrrole nitrogens is 1. The second kappa shape index (κ2) is 8.14. The van der Waals surface area contributed by atoms with Crippen LogP contribution in [-0.4, -0.2) is 44.0 Å². The number of thioether (sulfide) groups is 1. The molecule has 0 radical (unpaired) electrons. The molecular weight excluding hydrogens is 404 g/mol. The number of hydrogen-bond donors (Lipinski definition) is 1. The zero-order valence-corrected chi connectivity index (χ0v) is 17.3. The van der Waals surface area contributed by atoms with E-state index in [1.807, 2.05) is 41.8 Å². The molecule has 0 aliphatic carbocycles. The van der Waals surface area contributed by atoms with Crippen molar-refractivity contribution >= 4 is 39.8 Å². The van der Waals surface area contributed by atoms with Crippen molar-refractivity contribution in [2.24, 2.45) is 0 Å². The molecule has 1 N–H and O–H groups in total. The van der Waals surface area contributed by atoms with E-state index in [1.165, 1.54) is 11.8 Å². The number of nitrogens with zero attached hydrogens (tertiary/aromatic N) is 3. The van der Waals surface area contributed by atoms with Gasteiger partial charge in [-0.3, -0.25) is 9.36 Å². The Labute approximate surface area is 176 Å². The van der Waals surface area contributed by atoms with Crippen molar-refractivity contribution in [1.29, 1.82) is 0 Å². The quantitative estimate of drug-likeness (QED) is 0.346. The number of hydrogen-bond acceptors (Lipinski definition) is 6. The summed E-state index contributed by atoms with van der Waals surface area (Å²) in [6.45, 7) is 1.52. The lowest BCUT2D eigenvalue weighted by Gasteiger charge is -2.14. The summed E-state index contributed by atoms with van der Waals surface area (Å²) in [6.07, 6.45) is 4.10. The average molecular weight is 425 g/mol. The predicted octanol–water partition coefficient (Wildman–Crippen LogP) is 4.64. The van der Waals surface area contributed by atoms with Crippen molar-refractivity contribution in [1.82, 2.24) is 19.7 Å². The van der Waals surface area contributed by atoms with Crippen molar-refractivity contribution in [2.75, 3.05) is 12.4 Å². The van der Waals surface area contributed by atoms with Crippen LogP contribution in [0.5, 0.6) is 0 Å². The van der Waals surface area contributed by atoms with Crippen molar-refractivity contribution in [2.45, 2.75) is 30.6 Å². The third-order valence-electron chi connectivity index (χ3n) is 5.09. The summed E-state index contributed by atoms with van der Waals surface area (Å²) in [6, 6.07) is 11.9. The lowest BCUT2D eigenvalue weighted by molar-refractivity contribution is 0.0953. The second-order valence-electron chi connectivity index (χ2n) is 6.99. The van der Waals surface area contributed by atoms with Gasteiger partial charge in [0, 0.05) is 29.3 Å². The molecule has 4 heterocycles. The highest BCUT2D eigenvalue weighted by molar-refractivity contribution is 7.99. The number of benzene rings is 1. The van der Waals surface area contributed by atoms with E-state index < -0.39 is 0 Å². The molecule has 1 aromatic carbocycles. The van der Waals surface area contributed by atoms with Gasteiger partial charge in [-0.05, 0) is 30.4 Å². The maximum atomic E-state index is 12.9. The van der Waals surface area contributed by atoms with Crippen molar-refractivity contribution < 1.29 is 9.53 Å². The van der Waals surface area contributed by atoms with E-state index in [4.69, 9.17) is 4.74 Å². The molecule has 1 aliphatic rings. The molecule has 4 aromatic rings. The van der Waals surface area contributed by atoms with Gasteiger partial charge in [0.1, 0.15) is 0 Å². The Hall–Kier alpha value is -2.42. The normalized spacial score (nSPS) is 16.6. The SMILES string of the molecule is O=C(CSc1nnc(-c2cccs2)n1CC1CCCO1)c1c[nH]c2ccccc12. The van der Waals surface area contributed by atoms with Gasteiger partial charge in [-0.1, -0.05) is 36.0 Å². The van der Waals surface area contributed by atoms with Crippen molar-refractivity contribution in [3.8, 4) is 10.7 Å². The van der Waals surface area contributed by atoms with Crippen LogP contribution in [0.1, 0.15) is 23.2 Å². The zero-order valence-electron chi connectivity index (χ0n) is 15.7. The standard InChI is InChI=1S/C21H20N4O2S2/c26-18(16-11-22-17-7-2-1-6-15(16)17)13-29-21-24-23-20(19-8-4-10-28-19)25(21)12-14-5-3-9-27-14/h1-2,4,6-8,10-11,14,22H,3,5,9,12-13H2. The van der Waals surface area contributed by atoms with Gasteiger partial charge in [0.2, 0.25) is 0 Å². The maximum absolute atomic E-state index is 12.9. The minimum absolute atomic E-state index is 0.0804. The number of Topliss-reactive ketones (excluding diaryl/α,β-unsaturated/α-hetero) is 1. The van der Waals surface area contributed by atoms with E-state index in [-0.39, 0.29) is 11.9 Å². The van der Waals surface area contributed by atoms with E-state index in [1.54, 1.807) is 17.5 Å². The second-order valence-corrected chi connectivity index (χ2v) is 8.88. The molecule has 148 valence electrons. The van der Waals surface area contributed by atoms with Crippen molar-refractivity contribution in [3.05, 3.63) is 53.5 Å². The summed E-state index contributed by atoms with van der Waals surface area (Å²) in [5.41, 5.74) is 1.69. The number of ether oxygens (including phenoxy) is 1. The Bertz CT molecular complexity index is 1130. The minimum atomic E-state index is 0.0804. The molecule has 8 heteroatoms. The Kier molecular flexibility index (Phi) is 5.22. The summed E-state index contributed by atoms with van der Waals surface area (Å²) in [7, 11) is 0. The molecule has 29 heavy (non-hydrogen) atoms. The Morgan fingerprint density at radius 3 is 3.03 bits per heavy atom. The largest absolute Gasteiger partial charge is 0.376 e. The van der Waals surface area contributed by atoms with Gasteiger partial charge in [-0.2, -0.15) is 0 Å². The molecule has 5 rings (SSSR count). The van der Waals surface area contributed by atoms with Gasteiger partial charge in [0.05, 0.1) is 23.3 Å². The Balaban J connectivity index is 1.38. The van der Waals surface area contributed by atoms with E-state index in [0.717, 1.165) is 51.8 Å². The van der Waals surface area contributed by atoms with Crippen molar-refractivity contribution in [3.63, 3.8) is 0 Å². The zero-order chi connectivity index (χ0) is 19.6. The number of carbonyl (C=O) groups is 1. The van der Waals surface area contributed by atoms with Gasteiger partial charge < -0.3 is 9.72 Å². The monoisotopic (exact) mass is 424 g/mol. The molecule has 1 saturated heterocycles. The molecule has 6 nitrogen and oxygen atoms in total. The number of fused-ring (bicyclic) bond motifs is 1. The number of thiophene rings is 1. The van der Waals surface area contributed by atoms with Crippen LogP contribution in [0.3, 0.4) is 0 Å². The summed E-state index contributed by atoms with van der Waals surface area (Å²) < 4.78 is 7.94. The van der Waals surface area contributed by atoms with E-state index >= 15 is 0 Å². The van der Waals surface area contributed by atoms with E-state index in [9.17, 15) is 4.79 Å². The molecule has 0 saturated carbocycles. The van der Waals surface area contributed by atoms with Gasteiger partial charge >= 0.3 is 0 Å². The Morgan fingerprint density at radius 2 is 2.21 bits per heavy atom. The predicted molar refractivity (Wildman–Crippen MR) is 116 cm³/mol. The third kappa shape index (κ3) is 3.75. The van der Waals surface area contributed by atoms with Crippen LogP contribution in [0.4, 0.5) is 0 Å². The van der Waals surface area contributed by atoms with Crippen LogP contribution in [0.25, 0.3) is 21.6 Å². The van der Waals surface area contributed by atoms with Gasteiger partial charge in [0.15, 0.2) is 16.8 Å². The first-order chi connectivity index (χ1) is 14.3. The number of carbonyl (C=O) groups excluding carboxylic acids is 1. The number of aromatic nitrogens is 4. The number of nitrogens with one attached hydrogen (secondary N) is 1. The molecular formula is C21H20N4O2S2. The van der Waals surface area contributed by atoms with E-state index in [2.05, 4.69) is 19.7 Å². The number of rotatable bonds is 7. The van der Waals surface area contributed by atoms with Gasteiger partial charge in [-0.15, -0.1) is 21.5 Å². The minimum Gasteiger partial charge on any atom is -0.376 e. The fourth-order valence-electron chi connectivity index (χ4n) is 3.65. The molecule has 0 amide bonds. The van der Waals surface area contributed by atoms with Gasteiger partial charge in [0.25, 0.3) is 0 Å². The first-order valence-corrected chi connectivity index (χ1v) is 11.5. The summed E-state index contributed by atoms with van der Waals surface area (Å²) in [5, 5.41) is 12.6. The molecule has 1 fully saturated rings. The topological polar surface area (TPSA) is 72.8 Å². The third-order valence-corrected chi connectivity index (χ3v) is 6.92. The van der Waals surface area contributed by atoms with Crippen LogP contribution in [0.15, 0.2) is 53.1 Å². The fraction of sp³-hybridized carbons (Fsp3) is 0.286. The van der Waals surface area contributed by atoms with Gasteiger partial charge in [-0.25, -0.2) is 0 Å². The highest BCUT2D eigenvalue weighted by Crippen LogP contribution is 2.30. The maximum Gasteiger partial charge on any atom is 0.192 e. The van der Waals surface area contributed by atoms with Crippen LogP contribution >= 0.6 is 23.1 Å². The van der Waals surface area contributed by atoms with Crippen LogP contribution in [-0.2, 0) is 11.3 Å². The number of ketones is 1. The average Bonchev–Trinajstić information content (AvgIpc) is 3.53. The van der Waals surface area contributed by atoms with E-state index in [0.29, 0.717) is 12.3 Å². The molecule has 1 unspecified atom stereocenters. The van der Waals surface area contributed by atoms with Crippen LogP contribution < -0.4 is 0 Å². The highest BCUT2D eigenvalue weighted by Gasteiger charge is 2.23. The van der Waals surface area contributed by atoms with Crippen LogP contribution in [0, 0.1) is 0 Å². The summed E-state index contributed by atoms with van der Waals surface area (Å²) >= 11 is 3.08. The van der Waals surface area contributed by atoms with Crippen LogP contribution in [0.2, 0.25) is 0 Å². The molecule has 1 aliphatic heterocycles. The summed E-state index contributed by atoms with van der Waals surface area (Å²) in [4.78, 5) is 17.1. The first-order valence-electron chi connectivity index (χ1n) is 9.60. The lowest BCUT2D eigenvalue weighted by atomic mass is 10.1. The first kappa shape index (κ1) is 18.6. The number of para-hydroxylation sites is 1. The molecule has 0 bridgehead atoms.